The zero-order valence-corrected chi connectivity index (χ0v) is 7.54. The van der Waals surface area contributed by atoms with Crippen molar-refractivity contribution < 1.29 is 14.3 Å². The largest absolute Gasteiger partial charge is 0.508 e. The number of carbonyl (C=O) groups is 1. The van der Waals surface area contributed by atoms with Crippen molar-refractivity contribution in [1.29, 1.82) is 0 Å². The third kappa shape index (κ3) is 3.11. The van der Waals surface area contributed by atoms with Crippen LogP contribution in [0.25, 0.3) is 0 Å². The molecule has 1 aliphatic heterocycles. The van der Waals surface area contributed by atoms with E-state index >= 15 is 0 Å². The molecular formula is C9H16O3. The Morgan fingerprint density at radius 2 is 2.00 bits per heavy atom. The van der Waals surface area contributed by atoms with Crippen molar-refractivity contribution in [3.05, 3.63) is 0 Å². The number of carbonyl (C=O) groups excluding carboxylic acids is 1. The number of rotatable bonds is 4. The van der Waals surface area contributed by atoms with E-state index in [2.05, 4.69) is 6.92 Å². The van der Waals surface area contributed by atoms with Gasteiger partial charge >= 0.3 is 6.16 Å². The molecule has 1 rings (SSSR count). The van der Waals surface area contributed by atoms with Crippen LogP contribution < -0.4 is 0 Å². The number of cyclic esters (lactones) is 2. The van der Waals surface area contributed by atoms with Gasteiger partial charge in [0.2, 0.25) is 0 Å². The van der Waals surface area contributed by atoms with Crippen LogP contribution in [0.4, 0.5) is 4.79 Å². The molecule has 0 atom stereocenters. The number of hydrogen-bond acceptors (Lipinski definition) is 3. The summed E-state index contributed by atoms with van der Waals surface area (Å²) >= 11 is 0. The highest BCUT2D eigenvalue weighted by Gasteiger charge is 2.19. The molecule has 0 N–H and O–H groups in total. The fourth-order valence-corrected chi connectivity index (χ4v) is 1.31. The minimum atomic E-state index is -0.512. The Hall–Kier alpha value is -0.730. The summed E-state index contributed by atoms with van der Waals surface area (Å²) in [7, 11) is 0. The van der Waals surface area contributed by atoms with E-state index in [0.29, 0.717) is 19.1 Å². The molecule has 1 heterocycles. The summed E-state index contributed by atoms with van der Waals surface area (Å²) in [5.74, 6) is 0.425. The van der Waals surface area contributed by atoms with Gasteiger partial charge < -0.3 is 9.47 Å². The average Bonchev–Trinajstić information content (AvgIpc) is 2.09. The first-order valence-electron chi connectivity index (χ1n) is 4.62. The molecule has 3 heteroatoms. The van der Waals surface area contributed by atoms with Gasteiger partial charge in [-0.2, -0.15) is 0 Å². The zero-order chi connectivity index (χ0) is 8.81. The molecule has 70 valence electrons. The molecule has 0 aromatic carbocycles. The highest BCUT2D eigenvalue weighted by atomic mass is 16.7. The Morgan fingerprint density at radius 1 is 1.33 bits per heavy atom. The van der Waals surface area contributed by atoms with Gasteiger partial charge in [-0.05, 0) is 6.42 Å². The lowest BCUT2D eigenvalue weighted by Crippen LogP contribution is -2.27. The second-order valence-electron chi connectivity index (χ2n) is 3.23. The minimum absolute atomic E-state index is 0.425. The fourth-order valence-electron chi connectivity index (χ4n) is 1.31. The fraction of sp³-hybridized carbons (Fsp3) is 0.889. The topological polar surface area (TPSA) is 35.5 Å². The zero-order valence-electron chi connectivity index (χ0n) is 7.54. The van der Waals surface area contributed by atoms with Crippen molar-refractivity contribution >= 4 is 6.16 Å². The third-order valence-corrected chi connectivity index (χ3v) is 2.09. The van der Waals surface area contributed by atoms with Gasteiger partial charge in [0.1, 0.15) is 13.2 Å². The van der Waals surface area contributed by atoms with E-state index in [1.165, 1.54) is 19.3 Å². The molecular weight excluding hydrogens is 156 g/mol. The maximum atomic E-state index is 10.5. The molecule has 0 unspecified atom stereocenters. The van der Waals surface area contributed by atoms with Crippen LogP contribution >= 0.6 is 0 Å². The smallest absolute Gasteiger partial charge is 0.434 e. The Bertz CT molecular complexity index is 135. The molecule has 1 aliphatic rings. The van der Waals surface area contributed by atoms with Gasteiger partial charge in [0.15, 0.2) is 0 Å². The Morgan fingerprint density at radius 3 is 2.58 bits per heavy atom. The van der Waals surface area contributed by atoms with E-state index in [9.17, 15) is 4.79 Å². The van der Waals surface area contributed by atoms with E-state index in [-0.39, 0.29) is 0 Å². The van der Waals surface area contributed by atoms with Crippen molar-refractivity contribution in [2.24, 2.45) is 5.92 Å². The van der Waals surface area contributed by atoms with Crippen molar-refractivity contribution in [1.82, 2.24) is 0 Å². The molecule has 0 spiro atoms. The molecule has 0 aromatic rings. The highest BCUT2D eigenvalue weighted by molar-refractivity contribution is 5.60. The normalized spacial score (nSPS) is 18.6. The highest BCUT2D eigenvalue weighted by Crippen LogP contribution is 2.14. The number of hydrogen-bond donors (Lipinski definition) is 0. The minimum Gasteiger partial charge on any atom is -0.434 e. The van der Waals surface area contributed by atoms with Crippen LogP contribution in [0.5, 0.6) is 0 Å². The van der Waals surface area contributed by atoms with Crippen LogP contribution in [0.15, 0.2) is 0 Å². The second-order valence-corrected chi connectivity index (χ2v) is 3.23. The van der Waals surface area contributed by atoms with Crippen molar-refractivity contribution in [2.45, 2.75) is 32.6 Å². The van der Waals surface area contributed by atoms with Gasteiger partial charge in [-0.3, -0.25) is 0 Å². The lowest BCUT2D eigenvalue weighted by Gasteiger charge is -2.21. The molecule has 0 amide bonds. The van der Waals surface area contributed by atoms with Gasteiger partial charge in [0.25, 0.3) is 0 Å². The van der Waals surface area contributed by atoms with Crippen molar-refractivity contribution in [3.8, 4) is 0 Å². The lowest BCUT2D eigenvalue weighted by atomic mass is 10.0. The van der Waals surface area contributed by atoms with Crippen LogP contribution in [-0.2, 0) is 9.47 Å². The van der Waals surface area contributed by atoms with Crippen molar-refractivity contribution in [3.63, 3.8) is 0 Å². The standard InChI is InChI=1S/C9H16O3/c1-2-3-4-5-8-6-11-9(10)12-7-8/h8H,2-7H2,1H3. The molecule has 1 saturated heterocycles. The van der Waals surface area contributed by atoms with Gasteiger partial charge in [0, 0.05) is 5.92 Å². The summed E-state index contributed by atoms with van der Waals surface area (Å²) in [5, 5.41) is 0. The first-order chi connectivity index (χ1) is 5.83. The first kappa shape index (κ1) is 9.36. The summed E-state index contributed by atoms with van der Waals surface area (Å²) in [5.41, 5.74) is 0. The summed E-state index contributed by atoms with van der Waals surface area (Å²) in [4.78, 5) is 10.5. The third-order valence-electron chi connectivity index (χ3n) is 2.09. The van der Waals surface area contributed by atoms with Gasteiger partial charge in [0.05, 0.1) is 0 Å². The van der Waals surface area contributed by atoms with E-state index in [1.807, 2.05) is 0 Å². The predicted molar refractivity (Wildman–Crippen MR) is 44.9 cm³/mol. The molecule has 12 heavy (non-hydrogen) atoms. The molecule has 0 bridgehead atoms. The van der Waals surface area contributed by atoms with E-state index in [0.717, 1.165) is 6.42 Å². The summed E-state index contributed by atoms with van der Waals surface area (Å²) < 4.78 is 9.52. The first-order valence-corrected chi connectivity index (χ1v) is 4.62. The van der Waals surface area contributed by atoms with E-state index in [4.69, 9.17) is 9.47 Å². The Kier molecular flexibility index (Phi) is 3.91. The average molecular weight is 172 g/mol. The molecule has 0 saturated carbocycles. The quantitative estimate of drug-likeness (QED) is 0.482. The summed E-state index contributed by atoms with van der Waals surface area (Å²) in [6, 6.07) is 0. The summed E-state index contributed by atoms with van der Waals surface area (Å²) in [6.07, 6.45) is 4.29. The molecule has 0 aromatic heterocycles. The van der Waals surface area contributed by atoms with Gasteiger partial charge in [-0.25, -0.2) is 4.79 Å². The SMILES string of the molecule is CCCCCC1COC(=O)OC1. The van der Waals surface area contributed by atoms with Gasteiger partial charge in [-0.1, -0.05) is 26.2 Å². The van der Waals surface area contributed by atoms with E-state index < -0.39 is 6.16 Å². The summed E-state index contributed by atoms with van der Waals surface area (Å²) in [6.45, 7) is 3.27. The second kappa shape index (κ2) is 5.01. The molecule has 3 nitrogen and oxygen atoms in total. The molecule has 0 radical (unpaired) electrons. The number of ether oxygens (including phenoxy) is 2. The van der Waals surface area contributed by atoms with Crippen LogP contribution in [0.1, 0.15) is 32.6 Å². The maximum Gasteiger partial charge on any atom is 0.508 e. The van der Waals surface area contributed by atoms with Gasteiger partial charge in [-0.15, -0.1) is 0 Å². The van der Waals surface area contributed by atoms with Crippen LogP contribution in [-0.4, -0.2) is 19.4 Å². The van der Waals surface area contributed by atoms with Crippen LogP contribution in [0, 0.1) is 5.92 Å². The Labute approximate surface area is 73.0 Å². The van der Waals surface area contributed by atoms with Crippen LogP contribution in [0.3, 0.4) is 0 Å². The molecule has 0 aliphatic carbocycles. The number of unbranched alkanes of at least 4 members (excludes halogenated alkanes) is 2. The van der Waals surface area contributed by atoms with E-state index in [1.54, 1.807) is 0 Å². The van der Waals surface area contributed by atoms with Crippen LogP contribution in [0.2, 0.25) is 0 Å². The molecule has 1 fully saturated rings. The lowest BCUT2D eigenvalue weighted by molar-refractivity contribution is -0.0145. The monoisotopic (exact) mass is 172 g/mol. The Balaban J connectivity index is 2.05. The van der Waals surface area contributed by atoms with Crippen molar-refractivity contribution in [2.75, 3.05) is 13.2 Å². The predicted octanol–water partition coefficient (Wildman–Crippen LogP) is 2.35. The maximum absolute atomic E-state index is 10.5.